The molecule has 0 bridgehead atoms. The molecule has 0 fully saturated rings. The number of hydrogen-bond donors (Lipinski definition) is 2. The number of unbranched alkanes of at least 4 members (excludes halogenated alkanes) is 3. The van der Waals surface area contributed by atoms with E-state index < -0.39 is 4.84 Å². The highest BCUT2D eigenvalue weighted by Gasteiger charge is 2.08. The summed E-state index contributed by atoms with van der Waals surface area (Å²) in [6.45, 7) is 1.37. The Morgan fingerprint density at radius 1 is 1.23 bits per heavy atom. The van der Waals surface area contributed by atoms with Crippen LogP contribution in [-0.2, 0) is 4.79 Å². The zero-order chi connectivity index (χ0) is 10.1. The van der Waals surface area contributed by atoms with Crippen LogP contribution in [0.5, 0.6) is 0 Å². The van der Waals surface area contributed by atoms with Gasteiger partial charge in [-0.15, -0.1) is 0 Å². The van der Waals surface area contributed by atoms with Gasteiger partial charge in [-0.3, -0.25) is 4.79 Å². The lowest BCUT2D eigenvalue weighted by Crippen LogP contribution is -2.29. The van der Waals surface area contributed by atoms with E-state index in [1.807, 2.05) is 0 Å². The van der Waals surface area contributed by atoms with Gasteiger partial charge in [0.25, 0.3) is 5.91 Å². The minimum Gasteiger partial charge on any atom is -0.354 e. The molecule has 0 aliphatic heterocycles. The van der Waals surface area contributed by atoms with Gasteiger partial charge < -0.3 is 11.1 Å². The predicted molar refractivity (Wildman–Crippen MR) is 56.0 cm³/mol. The summed E-state index contributed by atoms with van der Waals surface area (Å²) >= 11 is 10.7. The minimum absolute atomic E-state index is 0.317. The van der Waals surface area contributed by atoms with Crippen LogP contribution in [0.2, 0.25) is 0 Å². The van der Waals surface area contributed by atoms with E-state index in [9.17, 15) is 4.79 Å². The van der Waals surface area contributed by atoms with E-state index in [-0.39, 0.29) is 5.91 Å². The van der Waals surface area contributed by atoms with Crippen LogP contribution in [0.25, 0.3) is 0 Å². The van der Waals surface area contributed by atoms with Gasteiger partial charge in [0.1, 0.15) is 0 Å². The minimum atomic E-state index is -0.955. The van der Waals surface area contributed by atoms with E-state index >= 15 is 0 Å². The van der Waals surface area contributed by atoms with Crippen molar-refractivity contribution in [2.24, 2.45) is 5.73 Å². The summed E-state index contributed by atoms with van der Waals surface area (Å²) < 4.78 is 0. The van der Waals surface area contributed by atoms with Crippen LogP contribution in [0, 0.1) is 0 Å². The van der Waals surface area contributed by atoms with Gasteiger partial charge in [0.05, 0.1) is 0 Å². The van der Waals surface area contributed by atoms with Crippen molar-refractivity contribution in [3.05, 3.63) is 0 Å². The van der Waals surface area contributed by atoms with Crippen LogP contribution >= 0.6 is 23.2 Å². The van der Waals surface area contributed by atoms with Crippen molar-refractivity contribution in [1.82, 2.24) is 5.32 Å². The van der Waals surface area contributed by atoms with Gasteiger partial charge in [0, 0.05) is 6.54 Å². The molecule has 0 aromatic rings. The lowest BCUT2D eigenvalue weighted by Gasteiger charge is -2.04. The first-order valence-corrected chi connectivity index (χ1v) is 5.31. The van der Waals surface area contributed by atoms with Crippen molar-refractivity contribution in [1.29, 1.82) is 0 Å². The standard InChI is InChI=1S/C8H16Cl2N2O/c9-7(10)8(13)12-6-4-2-1-3-5-11/h7H,1-6,11H2,(H,12,13). The molecule has 0 heterocycles. The Hall–Kier alpha value is 0.01000. The second-order valence-corrected chi connectivity index (χ2v) is 3.89. The second-order valence-electron chi connectivity index (χ2n) is 2.79. The average Bonchev–Trinajstić information content (AvgIpc) is 2.10. The molecule has 0 aliphatic rings. The van der Waals surface area contributed by atoms with Crippen LogP contribution < -0.4 is 11.1 Å². The molecule has 0 aromatic heterocycles. The molecule has 0 aromatic carbocycles. The lowest BCUT2D eigenvalue weighted by atomic mass is 10.2. The summed E-state index contributed by atoms with van der Waals surface area (Å²) in [6.07, 6.45) is 4.18. The zero-order valence-electron chi connectivity index (χ0n) is 7.56. The van der Waals surface area contributed by atoms with Gasteiger partial charge in [-0.2, -0.15) is 0 Å². The summed E-state index contributed by atoms with van der Waals surface area (Å²) in [4.78, 5) is 9.88. The van der Waals surface area contributed by atoms with Crippen molar-refractivity contribution in [2.75, 3.05) is 13.1 Å². The highest BCUT2D eigenvalue weighted by Crippen LogP contribution is 2.01. The normalized spacial score (nSPS) is 10.5. The molecule has 3 N–H and O–H groups in total. The van der Waals surface area contributed by atoms with Crippen molar-refractivity contribution < 1.29 is 4.79 Å². The lowest BCUT2D eigenvalue weighted by molar-refractivity contribution is -0.119. The first-order chi connectivity index (χ1) is 6.18. The fraction of sp³-hybridized carbons (Fsp3) is 0.875. The Kier molecular flexibility index (Phi) is 8.61. The van der Waals surface area contributed by atoms with E-state index in [0.717, 1.165) is 32.2 Å². The molecule has 0 saturated carbocycles. The van der Waals surface area contributed by atoms with Gasteiger partial charge in [-0.05, 0) is 19.4 Å². The highest BCUT2D eigenvalue weighted by molar-refractivity contribution is 6.53. The van der Waals surface area contributed by atoms with Crippen LogP contribution in [0.15, 0.2) is 0 Å². The molecule has 1 amide bonds. The van der Waals surface area contributed by atoms with Crippen LogP contribution in [0.1, 0.15) is 25.7 Å². The Balaban J connectivity index is 3.12. The predicted octanol–water partition coefficient (Wildman–Crippen LogP) is 1.43. The van der Waals surface area contributed by atoms with Crippen molar-refractivity contribution in [2.45, 2.75) is 30.5 Å². The molecule has 5 heteroatoms. The Bertz CT molecular complexity index is 142. The Labute approximate surface area is 89.0 Å². The fourth-order valence-corrected chi connectivity index (χ4v) is 1.07. The average molecular weight is 227 g/mol. The van der Waals surface area contributed by atoms with E-state index in [2.05, 4.69) is 5.32 Å². The number of nitrogens with one attached hydrogen (secondary N) is 1. The maximum Gasteiger partial charge on any atom is 0.253 e. The van der Waals surface area contributed by atoms with E-state index in [0.29, 0.717) is 6.54 Å². The summed E-state index contributed by atoms with van der Waals surface area (Å²) in [5, 5.41) is 2.62. The van der Waals surface area contributed by atoms with Gasteiger partial charge >= 0.3 is 0 Å². The number of hydrogen-bond acceptors (Lipinski definition) is 2. The van der Waals surface area contributed by atoms with Crippen LogP contribution in [-0.4, -0.2) is 23.8 Å². The van der Waals surface area contributed by atoms with Crippen molar-refractivity contribution in [3.63, 3.8) is 0 Å². The number of carbonyl (C=O) groups excluding carboxylic acids is 1. The van der Waals surface area contributed by atoms with Crippen molar-refractivity contribution in [3.8, 4) is 0 Å². The summed E-state index contributed by atoms with van der Waals surface area (Å²) in [5.74, 6) is -0.317. The first kappa shape index (κ1) is 13.0. The highest BCUT2D eigenvalue weighted by atomic mass is 35.5. The second kappa shape index (κ2) is 8.60. The van der Waals surface area contributed by atoms with Crippen molar-refractivity contribution >= 4 is 29.1 Å². The summed E-state index contributed by atoms with van der Waals surface area (Å²) in [6, 6.07) is 0. The Morgan fingerprint density at radius 3 is 2.38 bits per heavy atom. The number of alkyl halides is 2. The maximum atomic E-state index is 10.8. The van der Waals surface area contributed by atoms with Crippen LogP contribution in [0.4, 0.5) is 0 Å². The number of nitrogens with two attached hydrogens (primary N) is 1. The molecule has 0 atom stereocenters. The first-order valence-electron chi connectivity index (χ1n) is 4.44. The molecule has 0 unspecified atom stereocenters. The largest absolute Gasteiger partial charge is 0.354 e. The molecular weight excluding hydrogens is 211 g/mol. The number of rotatable bonds is 7. The Morgan fingerprint density at radius 2 is 1.85 bits per heavy atom. The third kappa shape index (κ3) is 8.34. The van der Waals surface area contributed by atoms with E-state index in [1.54, 1.807) is 0 Å². The zero-order valence-corrected chi connectivity index (χ0v) is 9.07. The van der Waals surface area contributed by atoms with E-state index in [1.165, 1.54) is 0 Å². The topological polar surface area (TPSA) is 55.1 Å². The molecule has 0 radical (unpaired) electrons. The SMILES string of the molecule is NCCCCCCNC(=O)C(Cl)Cl. The van der Waals surface area contributed by atoms with Gasteiger partial charge in [-0.1, -0.05) is 36.0 Å². The molecule has 3 nitrogen and oxygen atoms in total. The van der Waals surface area contributed by atoms with Crippen LogP contribution in [0.3, 0.4) is 0 Å². The summed E-state index contributed by atoms with van der Waals surface area (Å²) in [7, 11) is 0. The molecule has 0 saturated heterocycles. The fourth-order valence-electron chi connectivity index (χ4n) is 0.912. The number of halogens is 2. The van der Waals surface area contributed by atoms with E-state index in [4.69, 9.17) is 28.9 Å². The molecular formula is C8H16Cl2N2O. The maximum absolute atomic E-state index is 10.8. The molecule has 0 aliphatic carbocycles. The molecule has 0 spiro atoms. The third-order valence-electron chi connectivity index (χ3n) is 1.63. The molecule has 0 rings (SSSR count). The smallest absolute Gasteiger partial charge is 0.253 e. The third-order valence-corrected chi connectivity index (χ3v) is 2.02. The number of amides is 1. The quantitative estimate of drug-likeness (QED) is 0.510. The van der Waals surface area contributed by atoms with Gasteiger partial charge in [0.15, 0.2) is 4.84 Å². The summed E-state index contributed by atoms with van der Waals surface area (Å²) in [5.41, 5.74) is 5.33. The molecule has 13 heavy (non-hydrogen) atoms. The van der Waals surface area contributed by atoms with Gasteiger partial charge in [-0.25, -0.2) is 0 Å². The monoisotopic (exact) mass is 226 g/mol. The molecule has 78 valence electrons. The van der Waals surface area contributed by atoms with Gasteiger partial charge in [0.2, 0.25) is 0 Å². The number of carbonyl (C=O) groups is 1.